The Balaban J connectivity index is 1.72. The molecule has 0 aromatic heterocycles. The fourth-order valence-electron chi connectivity index (χ4n) is 2.39. The zero-order chi connectivity index (χ0) is 18.7. The molecule has 3 rings (SSSR count). The molecule has 6 heteroatoms. The van der Waals surface area contributed by atoms with Gasteiger partial charge >= 0.3 is 5.97 Å². The van der Waals surface area contributed by atoms with Crippen molar-refractivity contribution < 1.29 is 9.53 Å². The summed E-state index contributed by atoms with van der Waals surface area (Å²) in [4.78, 5) is 12.3. The van der Waals surface area contributed by atoms with Crippen molar-refractivity contribution in [2.75, 3.05) is 0 Å². The van der Waals surface area contributed by atoms with E-state index in [1.807, 2.05) is 30.3 Å². The molecule has 0 fully saturated rings. The van der Waals surface area contributed by atoms with Gasteiger partial charge in [-0.15, -0.1) is 0 Å². The zero-order valence-electron chi connectivity index (χ0n) is 13.3. The molecular formula is C20H12Br2Cl2O2. The van der Waals surface area contributed by atoms with Crippen LogP contribution in [0.3, 0.4) is 0 Å². The molecule has 0 bridgehead atoms. The van der Waals surface area contributed by atoms with Gasteiger partial charge in [-0.3, -0.25) is 0 Å². The summed E-state index contributed by atoms with van der Waals surface area (Å²) in [6.07, 6.45) is 0.684. The number of ether oxygens (including phenoxy) is 1. The summed E-state index contributed by atoms with van der Waals surface area (Å²) in [7, 11) is 0. The molecule has 0 radical (unpaired) electrons. The van der Waals surface area contributed by atoms with Crippen molar-refractivity contribution in [3.05, 3.63) is 96.3 Å². The van der Waals surface area contributed by atoms with Crippen LogP contribution < -0.4 is 4.74 Å². The van der Waals surface area contributed by atoms with Crippen LogP contribution in [-0.2, 0) is 6.42 Å². The van der Waals surface area contributed by atoms with E-state index in [-0.39, 0.29) is 0 Å². The first-order valence-corrected chi connectivity index (χ1v) is 9.96. The first kappa shape index (κ1) is 19.4. The molecule has 26 heavy (non-hydrogen) atoms. The Morgan fingerprint density at radius 1 is 0.846 bits per heavy atom. The van der Waals surface area contributed by atoms with Gasteiger partial charge in [0, 0.05) is 14.0 Å². The molecule has 3 aromatic rings. The topological polar surface area (TPSA) is 26.3 Å². The Morgan fingerprint density at radius 2 is 1.46 bits per heavy atom. The fourth-order valence-corrected chi connectivity index (χ4v) is 3.54. The van der Waals surface area contributed by atoms with Crippen LogP contribution in [0.15, 0.2) is 69.6 Å². The Hall–Kier alpha value is -1.33. The second-order valence-corrected chi connectivity index (χ2v) is 8.22. The average molecular weight is 515 g/mol. The van der Waals surface area contributed by atoms with Gasteiger partial charge < -0.3 is 4.74 Å². The second kappa shape index (κ2) is 8.57. The normalized spacial score (nSPS) is 10.6. The largest absolute Gasteiger partial charge is 0.423 e. The summed E-state index contributed by atoms with van der Waals surface area (Å²) >= 11 is 19.1. The molecule has 0 aliphatic heterocycles. The highest BCUT2D eigenvalue weighted by Gasteiger charge is 2.13. The molecule has 0 amide bonds. The van der Waals surface area contributed by atoms with Crippen molar-refractivity contribution >= 4 is 61.0 Å². The lowest BCUT2D eigenvalue weighted by atomic mass is 10.0. The molecule has 3 aromatic carbocycles. The maximum atomic E-state index is 12.3. The van der Waals surface area contributed by atoms with Gasteiger partial charge in [-0.1, -0.05) is 67.2 Å². The smallest absolute Gasteiger partial charge is 0.345 e. The molecule has 0 saturated carbocycles. The molecule has 0 atom stereocenters. The molecular weight excluding hydrogens is 503 g/mol. The van der Waals surface area contributed by atoms with E-state index >= 15 is 0 Å². The number of halogens is 4. The van der Waals surface area contributed by atoms with Crippen LogP contribution in [0.4, 0.5) is 0 Å². The molecule has 0 heterocycles. The quantitative estimate of drug-likeness (QED) is 0.269. The monoisotopic (exact) mass is 512 g/mol. The average Bonchev–Trinajstić information content (AvgIpc) is 2.62. The zero-order valence-corrected chi connectivity index (χ0v) is 18.0. The summed E-state index contributed by atoms with van der Waals surface area (Å²) in [6, 6.07) is 18.1. The number of esters is 1. The minimum atomic E-state index is -0.501. The third kappa shape index (κ3) is 4.89. The predicted octanol–water partition coefficient (Wildman–Crippen LogP) is 7.33. The number of hydrogen-bond acceptors (Lipinski definition) is 2. The Kier molecular flexibility index (Phi) is 6.41. The number of carbonyl (C=O) groups excluding carboxylic acids is 1. The van der Waals surface area contributed by atoms with Gasteiger partial charge in [0.1, 0.15) is 5.75 Å². The van der Waals surface area contributed by atoms with Crippen molar-refractivity contribution in [2.45, 2.75) is 6.42 Å². The molecule has 2 nitrogen and oxygen atoms in total. The van der Waals surface area contributed by atoms with Gasteiger partial charge in [0.25, 0.3) is 0 Å². The molecule has 0 aliphatic rings. The van der Waals surface area contributed by atoms with Crippen LogP contribution in [0.1, 0.15) is 21.5 Å². The number of rotatable bonds is 4. The van der Waals surface area contributed by atoms with Crippen LogP contribution >= 0.6 is 55.1 Å². The second-order valence-electron chi connectivity index (χ2n) is 5.57. The first-order chi connectivity index (χ1) is 12.4. The van der Waals surface area contributed by atoms with Crippen LogP contribution in [0, 0.1) is 0 Å². The van der Waals surface area contributed by atoms with E-state index in [4.69, 9.17) is 27.9 Å². The van der Waals surface area contributed by atoms with Gasteiger partial charge in [0.2, 0.25) is 0 Å². The number of carbonyl (C=O) groups is 1. The summed E-state index contributed by atoms with van der Waals surface area (Å²) in [5.74, 6) is -0.0470. The van der Waals surface area contributed by atoms with Gasteiger partial charge in [-0.2, -0.15) is 0 Å². The minimum Gasteiger partial charge on any atom is -0.423 e. The first-order valence-electron chi connectivity index (χ1n) is 7.62. The molecule has 0 aliphatic carbocycles. The molecule has 0 spiro atoms. The van der Waals surface area contributed by atoms with Crippen molar-refractivity contribution in [1.29, 1.82) is 0 Å². The maximum Gasteiger partial charge on any atom is 0.345 e. The highest BCUT2D eigenvalue weighted by atomic mass is 79.9. The lowest BCUT2D eigenvalue weighted by molar-refractivity contribution is 0.0735. The van der Waals surface area contributed by atoms with E-state index < -0.39 is 5.97 Å². The van der Waals surface area contributed by atoms with Gasteiger partial charge in [0.15, 0.2) is 0 Å². The van der Waals surface area contributed by atoms with Gasteiger partial charge in [-0.05, 0) is 66.1 Å². The molecule has 0 N–H and O–H groups in total. The minimum absolute atomic E-state index is 0.311. The van der Waals surface area contributed by atoms with Gasteiger partial charge in [0.05, 0.1) is 10.6 Å². The number of hydrogen-bond donors (Lipinski definition) is 0. The highest BCUT2D eigenvalue weighted by molar-refractivity contribution is 9.10. The lowest BCUT2D eigenvalue weighted by Gasteiger charge is -2.08. The van der Waals surface area contributed by atoms with E-state index in [1.54, 1.807) is 30.3 Å². The van der Waals surface area contributed by atoms with E-state index in [1.165, 1.54) is 0 Å². The SMILES string of the molecule is O=C(Oc1ccc(Cc2cc(Br)ccc2Cl)cc1)c1cc(Br)ccc1Cl. The maximum absolute atomic E-state index is 12.3. The Labute approximate surface area is 178 Å². The summed E-state index contributed by atoms with van der Waals surface area (Å²) in [5, 5.41) is 1.06. The lowest BCUT2D eigenvalue weighted by Crippen LogP contribution is -2.09. The molecule has 0 unspecified atom stereocenters. The molecule has 132 valence electrons. The van der Waals surface area contributed by atoms with Crippen LogP contribution in [-0.4, -0.2) is 5.97 Å². The van der Waals surface area contributed by atoms with Crippen molar-refractivity contribution in [2.24, 2.45) is 0 Å². The Morgan fingerprint density at radius 3 is 2.15 bits per heavy atom. The van der Waals surface area contributed by atoms with Crippen molar-refractivity contribution in [3.63, 3.8) is 0 Å². The van der Waals surface area contributed by atoms with Crippen LogP contribution in [0.25, 0.3) is 0 Å². The van der Waals surface area contributed by atoms with Crippen molar-refractivity contribution in [3.8, 4) is 5.75 Å². The van der Waals surface area contributed by atoms with Crippen molar-refractivity contribution in [1.82, 2.24) is 0 Å². The fraction of sp³-hybridized carbons (Fsp3) is 0.0500. The third-order valence-corrected chi connectivity index (χ3v) is 5.37. The van der Waals surface area contributed by atoms with Crippen LogP contribution in [0.5, 0.6) is 5.75 Å². The number of benzene rings is 3. The van der Waals surface area contributed by atoms with E-state index in [0.29, 0.717) is 27.8 Å². The molecule has 0 saturated heterocycles. The van der Waals surface area contributed by atoms with Crippen LogP contribution in [0.2, 0.25) is 10.0 Å². The summed E-state index contributed by atoms with van der Waals surface area (Å²) in [5.41, 5.74) is 2.39. The predicted molar refractivity (Wildman–Crippen MR) is 113 cm³/mol. The standard InChI is InChI=1S/C20H12Br2Cl2O2/c21-14-3-7-18(23)13(10-14)9-12-1-5-16(6-2-12)26-20(25)17-11-15(22)4-8-19(17)24/h1-8,10-11H,9H2. The van der Waals surface area contributed by atoms with E-state index in [9.17, 15) is 4.79 Å². The van der Waals surface area contributed by atoms with E-state index in [0.717, 1.165) is 20.1 Å². The highest BCUT2D eigenvalue weighted by Crippen LogP contribution is 2.26. The summed E-state index contributed by atoms with van der Waals surface area (Å²) in [6.45, 7) is 0. The Bertz CT molecular complexity index is 957. The van der Waals surface area contributed by atoms with Gasteiger partial charge in [-0.25, -0.2) is 4.79 Å². The third-order valence-electron chi connectivity index (χ3n) is 3.68. The van der Waals surface area contributed by atoms with E-state index in [2.05, 4.69) is 31.9 Å². The summed E-state index contributed by atoms with van der Waals surface area (Å²) < 4.78 is 7.15.